The van der Waals surface area contributed by atoms with Crippen LogP contribution in [0.15, 0.2) is 41.3 Å². The molecule has 29 heavy (non-hydrogen) atoms. The molecule has 1 unspecified atom stereocenters. The van der Waals surface area contributed by atoms with Crippen molar-refractivity contribution in [1.29, 1.82) is 0 Å². The lowest BCUT2D eigenvalue weighted by molar-refractivity contribution is -0.135. The first kappa shape index (κ1) is 20.1. The average Bonchev–Trinajstić information content (AvgIpc) is 2.69. The van der Waals surface area contributed by atoms with E-state index in [1.165, 1.54) is 36.1 Å². The van der Waals surface area contributed by atoms with E-state index in [2.05, 4.69) is 0 Å². The molecule has 2 aromatic rings. The molecule has 9 heteroatoms. The van der Waals surface area contributed by atoms with Crippen molar-refractivity contribution >= 4 is 27.3 Å². The Balaban J connectivity index is 2.05. The molecule has 1 amide bonds. The monoisotopic (exact) mass is 441 g/mol. The fourth-order valence-electron chi connectivity index (χ4n) is 4.48. The van der Waals surface area contributed by atoms with Gasteiger partial charge in [0.05, 0.1) is 16.5 Å². The van der Waals surface area contributed by atoms with Crippen LogP contribution in [-0.2, 0) is 19.4 Å². The minimum atomic E-state index is -4.26. The second-order valence-corrected chi connectivity index (χ2v) is 9.87. The molecule has 2 atom stereocenters. The Hall–Kier alpha value is -2.19. The van der Waals surface area contributed by atoms with Crippen LogP contribution in [0.2, 0.25) is 5.02 Å². The molecule has 2 aliphatic heterocycles. The Morgan fingerprint density at radius 1 is 1.17 bits per heavy atom. The van der Waals surface area contributed by atoms with Crippen LogP contribution < -0.4 is 4.74 Å². The third-order valence-electron chi connectivity index (χ3n) is 5.74. The number of amides is 1. The lowest BCUT2D eigenvalue weighted by Crippen LogP contribution is -2.64. The molecule has 0 bridgehead atoms. The highest BCUT2D eigenvalue weighted by Crippen LogP contribution is 2.53. The number of sulfone groups is 1. The summed E-state index contributed by atoms with van der Waals surface area (Å²) in [5.74, 6) is -2.49. The van der Waals surface area contributed by atoms with Gasteiger partial charge in [-0.3, -0.25) is 4.79 Å². The fraction of sp³-hybridized carbons (Fsp3) is 0.350. The summed E-state index contributed by atoms with van der Waals surface area (Å²) < 4.78 is 61.0. The van der Waals surface area contributed by atoms with Crippen molar-refractivity contribution in [3.63, 3.8) is 0 Å². The van der Waals surface area contributed by atoms with Gasteiger partial charge in [-0.05, 0) is 49.2 Å². The van der Waals surface area contributed by atoms with Gasteiger partial charge in [0.2, 0.25) is 5.91 Å². The van der Waals surface area contributed by atoms with Crippen molar-refractivity contribution in [3.8, 4) is 5.75 Å². The van der Waals surface area contributed by atoms with Gasteiger partial charge in [-0.15, -0.1) is 0 Å². The molecular formula is C20H18ClF2NO4S. The van der Waals surface area contributed by atoms with Gasteiger partial charge >= 0.3 is 0 Å². The Labute approximate surface area is 172 Å². The standard InChI is InChI=1S/C20H18ClF2NO4S/c1-12(25)24-10-2-9-20(29(26,27)14-5-3-13(21)4-6-14)17(24)11-28-19-16(23)8-7-15(22)18(19)20/h3-8,17H,2,9-11H2,1H3/t17-,20?/m0/s1. The number of benzene rings is 2. The summed E-state index contributed by atoms with van der Waals surface area (Å²) in [5, 5.41) is 0.344. The van der Waals surface area contributed by atoms with Gasteiger partial charge in [0, 0.05) is 18.5 Å². The van der Waals surface area contributed by atoms with Crippen LogP contribution in [0.4, 0.5) is 8.78 Å². The number of ether oxygens (including phenoxy) is 1. The Kier molecular flexibility index (Phi) is 4.82. The van der Waals surface area contributed by atoms with E-state index >= 15 is 4.39 Å². The minimum Gasteiger partial charge on any atom is -0.488 e. The summed E-state index contributed by atoms with van der Waals surface area (Å²) in [7, 11) is -4.26. The summed E-state index contributed by atoms with van der Waals surface area (Å²) in [6, 6.07) is 6.33. The quantitative estimate of drug-likeness (QED) is 0.713. The van der Waals surface area contributed by atoms with Gasteiger partial charge < -0.3 is 9.64 Å². The third-order valence-corrected chi connectivity index (χ3v) is 8.52. The average molecular weight is 442 g/mol. The van der Waals surface area contributed by atoms with Crippen LogP contribution in [0.1, 0.15) is 25.3 Å². The molecule has 2 aliphatic rings. The molecule has 0 radical (unpaired) electrons. The molecular weight excluding hydrogens is 424 g/mol. The zero-order valence-corrected chi connectivity index (χ0v) is 17.1. The van der Waals surface area contributed by atoms with E-state index in [9.17, 15) is 17.6 Å². The Bertz CT molecular complexity index is 1090. The summed E-state index contributed by atoms with van der Waals surface area (Å²) in [5.41, 5.74) is -0.352. The smallest absolute Gasteiger partial charge is 0.219 e. The number of hydrogen-bond acceptors (Lipinski definition) is 4. The highest BCUT2D eigenvalue weighted by atomic mass is 35.5. The van der Waals surface area contributed by atoms with E-state index in [-0.39, 0.29) is 29.4 Å². The Morgan fingerprint density at radius 2 is 1.83 bits per heavy atom. The van der Waals surface area contributed by atoms with Crippen LogP contribution in [0, 0.1) is 11.6 Å². The molecule has 4 rings (SSSR count). The topological polar surface area (TPSA) is 63.7 Å². The lowest BCUT2D eigenvalue weighted by Gasteiger charge is -2.51. The lowest BCUT2D eigenvalue weighted by atomic mass is 9.80. The van der Waals surface area contributed by atoms with Gasteiger partial charge in [0.15, 0.2) is 21.4 Å². The number of piperidine rings is 1. The number of halogens is 3. The molecule has 154 valence electrons. The number of likely N-dealkylation sites (tertiary alicyclic amines) is 1. The van der Waals surface area contributed by atoms with Gasteiger partial charge in [-0.25, -0.2) is 17.2 Å². The van der Waals surface area contributed by atoms with Crippen LogP contribution in [-0.4, -0.2) is 38.4 Å². The molecule has 5 nitrogen and oxygen atoms in total. The first-order valence-corrected chi connectivity index (χ1v) is 10.9. The number of fused-ring (bicyclic) bond motifs is 3. The number of hydrogen-bond donors (Lipinski definition) is 0. The summed E-state index contributed by atoms with van der Waals surface area (Å²) in [6.07, 6.45) is 0.349. The number of carbonyl (C=O) groups is 1. The molecule has 2 aromatic carbocycles. The second kappa shape index (κ2) is 6.95. The van der Waals surface area contributed by atoms with E-state index in [4.69, 9.17) is 16.3 Å². The maximum absolute atomic E-state index is 15.1. The van der Waals surface area contributed by atoms with E-state index in [1.807, 2.05) is 0 Å². The van der Waals surface area contributed by atoms with Gasteiger partial charge in [-0.1, -0.05) is 11.6 Å². The van der Waals surface area contributed by atoms with Crippen molar-refractivity contribution in [2.24, 2.45) is 0 Å². The number of nitrogens with zero attached hydrogens (tertiary/aromatic N) is 1. The van der Waals surface area contributed by atoms with Crippen molar-refractivity contribution in [2.75, 3.05) is 13.2 Å². The fourth-order valence-corrected chi connectivity index (χ4v) is 6.95. The van der Waals surface area contributed by atoms with Crippen LogP contribution in [0.5, 0.6) is 5.75 Å². The van der Waals surface area contributed by atoms with Gasteiger partial charge in [0.1, 0.15) is 17.2 Å². The maximum atomic E-state index is 15.1. The molecule has 0 aromatic heterocycles. The predicted octanol–water partition coefficient (Wildman–Crippen LogP) is 3.69. The molecule has 1 fully saturated rings. The molecule has 0 saturated carbocycles. The summed E-state index contributed by atoms with van der Waals surface area (Å²) in [4.78, 5) is 13.6. The van der Waals surface area contributed by atoms with Crippen LogP contribution in [0.25, 0.3) is 0 Å². The van der Waals surface area contributed by atoms with E-state index in [1.54, 1.807) is 0 Å². The van der Waals surface area contributed by atoms with Crippen LogP contribution >= 0.6 is 11.6 Å². The molecule has 2 heterocycles. The van der Waals surface area contributed by atoms with Crippen molar-refractivity contribution in [3.05, 3.63) is 58.6 Å². The first-order chi connectivity index (χ1) is 13.7. The van der Waals surface area contributed by atoms with Gasteiger partial charge in [-0.2, -0.15) is 0 Å². The van der Waals surface area contributed by atoms with Crippen molar-refractivity contribution in [2.45, 2.75) is 35.4 Å². The highest BCUT2D eigenvalue weighted by Gasteiger charge is 2.61. The van der Waals surface area contributed by atoms with Crippen molar-refractivity contribution in [1.82, 2.24) is 4.90 Å². The Morgan fingerprint density at radius 3 is 2.48 bits per heavy atom. The van der Waals surface area contributed by atoms with Crippen LogP contribution in [0.3, 0.4) is 0 Å². The van der Waals surface area contributed by atoms with Crippen molar-refractivity contribution < 1.29 is 26.7 Å². The zero-order chi connectivity index (χ0) is 21.0. The van der Waals surface area contributed by atoms with Gasteiger partial charge in [0.25, 0.3) is 0 Å². The number of rotatable bonds is 2. The van der Waals surface area contributed by atoms with E-state index in [0.29, 0.717) is 18.0 Å². The SMILES string of the molecule is CC(=O)N1CCCC2(S(=O)(=O)c3ccc(Cl)cc3)c3c(F)ccc(F)c3OC[C@H]12. The summed E-state index contributed by atoms with van der Waals surface area (Å²) in [6.45, 7) is 1.38. The second-order valence-electron chi connectivity index (χ2n) is 7.22. The zero-order valence-electron chi connectivity index (χ0n) is 15.5. The van der Waals surface area contributed by atoms with E-state index in [0.717, 1.165) is 12.1 Å². The first-order valence-electron chi connectivity index (χ1n) is 9.09. The minimum absolute atomic E-state index is 0.0309. The predicted molar refractivity (Wildman–Crippen MR) is 103 cm³/mol. The number of carbonyl (C=O) groups excluding carboxylic acids is 1. The largest absolute Gasteiger partial charge is 0.488 e. The molecule has 0 aliphatic carbocycles. The normalized spacial score (nSPS) is 23.7. The van der Waals surface area contributed by atoms with E-state index < -0.39 is 38.0 Å². The third kappa shape index (κ3) is 2.84. The summed E-state index contributed by atoms with van der Waals surface area (Å²) >= 11 is 5.90. The molecule has 1 saturated heterocycles. The highest BCUT2D eigenvalue weighted by molar-refractivity contribution is 7.92. The maximum Gasteiger partial charge on any atom is 0.219 e. The molecule has 0 N–H and O–H groups in total. The molecule has 0 spiro atoms.